The first kappa shape index (κ1) is 18.9. The number of nitrogens with zero attached hydrogens (tertiary/aromatic N) is 2. The Hall–Kier alpha value is -2.42. The maximum atomic E-state index is 12.9. The molecule has 0 atom stereocenters. The van der Waals surface area contributed by atoms with Gasteiger partial charge in [-0.05, 0) is 61.3 Å². The zero-order valence-electron chi connectivity index (χ0n) is 16.9. The standard InChI is InChI=1S/C25H30N2O/c1-19-16-23(18-26-17-19)25(28)27-14-12-22(13-15-27)24(20-8-4-2-5-9-20)21-10-6-3-7-11-21/h2,4-5,8-9,16-18,21H,3,6-7,10-15H2,1H3. The van der Waals surface area contributed by atoms with Crippen LogP contribution in [0.25, 0.3) is 5.57 Å². The second-order valence-corrected chi connectivity index (χ2v) is 8.26. The normalized spacial score (nSPS) is 18.2. The van der Waals surface area contributed by atoms with E-state index in [9.17, 15) is 4.79 Å². The molecule has 146 valence electrons. The van der Waals surface area contributed by atoms with Crippen molar-refractivity contribution in [1.82, 2.24) is 9.88 Å². The van der Waals surface area contributed by atoms with Crippen molar-refractivity contribution in [3.8, 4) is 0 Å². The fourth-order valence-corrected chi connectivity index (χ4v) is 4.84. The molecule has 0 bridgehead atoms. The van der Waals surface area contributed by atoms with Crippen molar-refractivity contribution in [2.75, 3.05) is 13.1 Å². The highest BCUT2D eigenvalue weighted by molar-refractivity contribution is 5.94. The summed E-state index contributed by atoms with van der Waals surface area (Å²) in [7, 11) is 0. The number of carbonyl (C=O) groups excluding carboxylic acids is 1. The molecule has 3 heteroatoms. The number of amides is 1. The average Bonchev–Trinajstić information content (AvgIpc) is 2.75. The predicted octanol–water partition coefficient (Wildman–Crippen LogP) is 5.66. The molecule has 0 radical (unpaired) electrons. The summed E-state index contributed by atoms with van der Waals surface area (Å²) >= 11 is 0. The Labute approximate surface area is 168 Å². The smallest absolute Gasteiger partial charge is 0.255 e. The summed E-state index contributed by atoms with van der Waals surface area (Å²) in [6, 6.07) is 12.9. The van der Waals surface area contributed by atoms with Crippen LogP contribution in [-0.4, -0.2) is 28.9 Å². The third kappa shape index (κ3) is 4.19. The van der Waals surface area contributed by atoms with Gasteiger partial charge in [0.2, 0.25) is 0 Å². The van der Waals surface area contributed by atoms with E-state index in [0.29, 0.717) is 11.5 Å². The van der Waals surface area contributed by atoms with Gasteiger partial charge in [-0.2, -0.15) is 0 Å². The quantitative estimate of drug-likeness (QED) is 0.694. The minimum Gasteiger partial charge on any atom is -0.338 e. The van der Waals surface area contributed by atoms with Crippen molar-refractivity contribution in [3.05, 3.63) is 71.1 Å². The highest BCUT2D eigenvalue weighted by Crippen LogP contribution is 2.40. The predicted molar refractivity (Wildman–Crippen MR) is 114 cm³/mol. The van der Waals surface area contributed by atoms with Gasteiger partial charge >= 0.3 is 0 Å². The Morgan fingerprint density at radius 2 is 1.68 bits per heavy atom. The van der Waals surface area contributed by atoms with Gasteiger partial charge in [0.1, 0.15) is 0 Å². The summed E-state index contributed by atoms with van der Waals surface area (Å²) in [6.45, 7) is 3.60. The second kappa shape index (κ2) is 8.72. The minimum absolute atomic E-state index is 0.120. The molecule has 1 aromatic heterocycles. The Bertz CT molecular complexity index is 840. The van der Waals surface area contributed by atoms with Crippen LogP contribution in [0.5, 0.6) is 0 Å². The van der Waals surface area contributed by atoms with E-state index in [1.54, 1.807) is 23.5 Å². The van der Waals surface area contributed by atoms with Crippen LogP contribution >= 0.6 is 0 Å². The van der Waals surface area contributed by atoms with Gasteiger partial charge in [0.05, 0.1) is 5.56 Å². The van der Waals surface area contributed by atoms with Crippen molar-refractivity contribution in [1.29, 1.82) is 0 Å². The molecule has 2 aliphatic rings. The van der Waals surface area contributed by atoms with Crippen LogP contribution in [0.15, 0.2) is 54.4 Å². The lowest BCUT2D eigenvalue weighted by Crippen LogP contribution is -2.37. The number of carbonyl (C=O) groups is 1. The second-order valence-electron chi connectivity index (χ2n) is 8.26. The number of hydrogen-bond acceptors (Lipinski definition) is 2. The number of allylic oxidation sites excluding steroid dienone is 1. The Kier molecular flexibility index (Phi) is 5.90. The van der Waals surface area contributed by atoms with Crippen LogP contribution in [0.2, 0.25) is 0 Å². The molecule has 1 amide bonds. The largest absolute Gasteiger partial charge is 0.338 e. The first-order valence-corrected chi connectivity index (χ1v) is 10.7. The van der Waals surface area contributed by atoms with Crippen LogP contribution in [0, 0.1) is 12.8 Å². The lowest BCUT2D eigenvalue weighted by molar-refractivity contribution is 0.0743. The van der Waals surface area contributed by atoms with Gasteiger partial charge in [0, 0.05) is 25.5 Å². The van der Waals surface area contributed by atoms with Crippen molar-refractivity contribution in [2.45, 2.75) is 51.9 Å². The number of rotatable bonds is 3. The van der Waals surface area contributed by atoms with Crippen molar-refractivity contribution in [2.24, 2.45) is 5.92 Å². The third-order valence-electron chi connectivity index (χ3n) is 6.26. The first-order valence-electron chi connectivity index (χ1n) is 10.7. The number of pyridine rings is 1. The molecule has 2 aromatic rings. The molecular formula is C25H30N2O. The summed E-state index contributed by atoms with van der Waals surface area (Å²) in [5, 5.41) is 0. The Morgan fingerprint density at radius 3 is 2.36 bits per heavy atom. The molecule has 0 unspecified atom stereocenters. The Morgan fingerprint density at radius 1 is 0.964 bits per heavy atom. The van der Waals surface area contributed by atoms with E-state index < -0.39 is 0 Å². The number of aromatic nitrogens is 1. The molecular weight excluding hydrogens is 344 g/mol. The van der Waals surface area contributed by atoms with E-state index in [1.165, 1.54) is 37.7 Å². The summed E-state index contributed by atoms with van der Waals surface area (Å²) in [6.07, 6.45) is 12.2. The van der Waals surface area contributed by atoms with E-state index >= 15 is 0 Å². The number of aryl methyl sites for hydroxylation is 1. The lowest BCUT2D eigenvalue weighted by atomic mass is 9.77. The van der Waals surface area contributed by atoms with Crippen LogP contribution in [0.1, 0.15) is 66.4 Å². The summed E-state index contributed by atoms with van der Waals surface area (Å²) in [4.78, 5) is 19.1. The molecule has 0 spiro atoms. The molecule has 4 rings (SSSR count). The molecule has 0 N–H and O–H groups in total. The molecule has 1 aromatic carbocycles. The van der Waals surface area contributed by atoms with Gasteiger partial charge < -0.3 is 4.90 Å². The molecule has 1 aliphatic heterocycles. The molecule has 2 heterocycles. The summed E-state index contributed by atoms with van der Waals surface area (Å²) in [5.74, 6) is 0.809. The van der Waals surface area contributed by atoms with Gasteiger partial charge in [-0.15, -0.1) is 0 Å². The minimum atomic E-state index is 0.120. The van der Waals surface area contributed by atoms with Gasteiger partial charge in [-0.3, -0.25) is 9.78 Å². The van der Waals surface area contributed by atoms with Gasteiger partial charge in [0.15, 0.2) is 0 Å². The first-order chi connectivity index (χ1) is 13.7. The monoisotopic (exact) mass is 374 g/mol. The number of benzene rings is 1. The highest BCUT2D eigenvalue weighted by atomic mass is 16.2. The molecule has 28 heavy (non-hydrogen) atoms. The zero-order valence-corrected chi connectivity index (χ0v) is 16.9. The number of hydrogen-bond donors (Lipinski definition) is 0. The van der Waals surface area contributed by atoms with Crippen LogP contribution in [0.4, 0.5) is 0 Å². The molecule has 1 saturated carbocycles. The van der Waals surface area contributed by atoms with E-state index in [2.05, 4.69) is 35.3 Å². The summed E-state index contributed by atoms with van der Waals surface area (Å²) < 4.78 is 0. The van der Waals surface area contributed by atoms with Gasteiger partial charge in [0.25, 0.3) is 5.91 Å². The lowest BCUT2D eigenvalue weighted by Gasteiger charge is -2.33. The average molecular weight is 375 g/mol. The van der Waals surface area contributed by atoms with E-state index in [4.69, 9.17) is 0 Å². The molecule has 1 saturated heterocycles. The van der Waals surface area contributed by atoms with E-state index in [1.807, 2.05) is 17.9 Å². The zero-order chi connectivity index (χ0) is 19.3. The fraction of sp³-hybridized carbons (Fsp3) is 0.440. The van der Waals surface area contributed by atoms with Crippen LogP contribution in [0.3, 0.4) is 0 Å². The topological polar surface area (TPSA) is 33.2 Å². The molecule has 1 aliphatic carbocycles. The fourth-order valence-electron chi connectivity index (χ4n) is 4.84. The van der Waals surface area contributed by atoms with Crippen molar-refractivity contribution < 1.29 is 4.79 Å². The van der Waals surface area contributed by atoms with Crippen molar-refractivity contribution >= 4 is 11.5 Å². The van der Waals surface area contributed by atoms with E-state index in [-0.39, 0.29) is 5.91 Å². The number of likely N-dealkylation sites (tertiary alicyclic amines) is 1. The third-order valence-corrected chi connectivity index (χ3v) is 6.26. The highest BCUT2D eigenvalue weighted by Gasteiger charge is 2.26. The van der Waals surface area contributed by atoms with Crippen LogP contribution < -0.4 is 0 Å². The maximum Gasteiger partial charge on any atom is 0.255 e. The van der Waals surface area contributed by atoms with Gasteiger partial charge in [-0.25, -0.2) is 0 Å². The molecule has 3 nitrogen and oxygen atoms in total. The van der Waals surface area contributed by atoms with Gasteiger partial charge in [-0.1, -0.05) is 55.2 Å². The molecule has 2 fully saturated rings. The summed E-state index contributed by atoms with van der Waals surface area (Å²) in [5.41, 5.74) is 6.30. The van der Waals surface area contributed by atoms with Crippen LogP contribution in [-0.2, 0) is 0 Å². The maximum absolute atomic E-state index is 12.9. The SMILES string of the molecule is Cc1cncc(C(=O)N2CCC(=C(c3ccccc3)C3CCCCC3)CC2)c1. The van der Waals surface area contributed by atoms with Crippen molar-refractivity contribution in [3.63, 3.8) is 0 Å². The number of piperidine rings is 1. The van der Waals surface area contributed by atoms with E-state index in [0.717, 1.165) is 31.5 Å². The Balaban J connectivity index is 1.54.